The van der Waals surface area contributed by atoms with Gasteiger partial charge in [-0.05, 0) is 18.4 Å². The molecule has 3 heteroatoms. The summed E-state index contributed by atoms with van der Waals surface area (Å²) in [4.78, 5) is 14.2. The zero-order chi connectivity index (χ0) is 11.7. The minimum atomic E-state index is 0. The van der Waals surface area contributed by atoms with Crippen LogP contribution in [0.2, 0.25) is 0 Å². The Morgan fingerprint density at radius 2 is 1.67 bits per heavy atom. The first-order valence-corrected chi connectivity index (χ1v) is 6.64. The van der Waals surface area contributed by atoms with Crippen LogP contribution in [0.15, 0.2) is 30.3 Å². The molecule has 2 heterocycles. The maximum atomic E-state index is 11.6. The molecule has 3 rings (SSSR count). The summed E-state index contributed by atoms with van der Waals surface area (Å²) < 4.78 is 0. The van der Waals surface area contributed by atoms with Gasteiger partial charge in [-0.2, -0.15) is 0 Å². The molecule has 0 radical (unpaired) electrons. The van der Waals surface area contributed by atoms with Crippen LogP contribution in [0.4, 0.5) is 0 Å². The Balaban J connectivity index is 0.00000120. The molecule has 0 amide bonds. The number of carbonyl (C=O) groups excluding carboxylic acids is 1. The molecule has 2 saturated heterocycles. The lowest BCUT2D eigenvalue weighted by Crippen LogP contribution is -2.51. The number of halogens is 1. The number of fused-ring (bicyclic) bond motifs is 2. The quantitative estimate of drug-likeness (QED) is 0.835. The van der Waals surface area contributed by atoms with E-state index in [0.29, 0.717) is 17.9 Å². The van der Waals surface area contributed by atoms with E-state index in [0.717, 1.165) is 19.4 Å². The van der Waals surface area contributed by atoms with Crippen molar-refractivity contribution in [3.8, 4) is 0 Å². The van der Waals surface area contributed by atoms with Gasteiger partial charge in [0.2, 0.25) is 0 Å². The van der Waals surface area contributed by atoms with E-state index in [4.69, 9.17) is 0 Å². The zero-order valence-corrected chi connectivity index (χ0v) is 12.3. The molecule has 18 heavy (non-hydrogen) atoms. The Morgan fingerprint density at radius 3 is 2.28 bits per heavy atom. The third-order valence-corrected chi connectivity index (χ3v) is 4.15. The fourth-order valence-corrected chi connectivity index (χ4v) is 3.32. The van der Waals surface area contributed by atoms with E-state index in [2.05, 4.69) is 35.2 Å². The van der Waals surface area contributed by atoms with Crippen LogP contribution in [0.5, 0.6) is 0 Å². The molecular formula is C15H20BrNO. The first-order chi connectivity index (χ1) is 8.33. The topological polar surface area (TPSA) is 20.3 Å². The van der Waals surface area contributed by atoms with Crippen molar-refractivity contribution < 1.29 is 4.79 Å². The summed E-state index contributed by atoms with van der Waals surface area (Å²) in [6.45, 7) is 1.02. The van der Waals surface area contributed by atoms with Crippen LogP contribution >= 0.6 is 17.0 Å². The summed E-state index contributed by atoms with van der Waals surface area (Å²) in [7, 11) is 0. The number of hydrogen-bond donors (Lipinski definition) is 0. The van der Waals surface area contributed by atoms with Crippen LogP contribution < -0.4 is 0 Å². The molecule has 2 fully saturated rings. The number of ketones is 1. The van der Waals surface area contributed by atoms with Crippen molar-refractivity contribution in [3.63, 3.8) is 0 Å². The number of benzene rings is 1. The van der Waals surface area contributed by atoms with Crippen LogP contribution in [-0.2, 0) is 11.3 Å². The van der Waals surface area contributed by atoms with E-state index in [1.165, 1.54) is 24.8 Å². The first-order valence-electron chi connectivity index (χ1n) is 6.64. The number of Topliss-reactive ketones (excluding diaryl/α,β-unsaturated/α-hetero) is 1. The van der Waals surface area contributed by atoms with Gasteiger partial charge in [0.1, 0.15) is 5.78 Å². The predicted octanol–water partition coefficient (Wildman–Crippen LogP) is 3.35. The highest BCUT2D eigenvalue weighted by molar-refractivity contribution is 8.93. The molecule has 2 nitrogen and oxygen atoms in total. The molecule has 98 valence electrons. The standard InChI is InChI=1S/C15H19NO.BrH/c17-15-9-13-7-4-8-14(10-15)16(13)11-12-5-2-1-3-6-12;/h1-3,5-6,13-14H,4,7-11H2;1H. The molecule has 2 aliphatic heterocycles. The average Bonchev–Trinajstić information content (AvgIpc) is 2.32. The number of rotatable bonds is 2. The summed E-state index contributed by atoms with van der Waals surface area (Å²) in [5, 5.41) is 0. The van der Waals surface area contributed by atoms with Gasteiger partial charge in [-0.15, -0.1) is 17.0 Å². The number of carbonyl (C=O) groups is 1. The summed E-state index contributed by atoms with van der Waals surface area (Å²) in [6, 6.07) is 11.6. The fraction of sp³-hybridized carbons (Fsp3) is 0.533. The second-order valence-electron chi connectivity index (χ2n) is 5.34. The van der Waals surface area contributed by atoms with Crippen LogP contribution in [0.25, 0.3) is 0 Å². The summed E-state index contributed by atoms with van der Waals surface area (Å²) in [5.74, 6) is 0.476. The Morgan fingerprint density at radius 1 is 1.06 bits per heavy atom. The Kier molecular flexibility index (Phi) is 4.57. The predicted molar refractivity (Wildman–Crippen MR) is 78.0 cm³/mol. The Bertz CT molecular complexity index is 390. The highest BCUT2D eigenvalue weighted by Gasteiger charge is 2.37. The molecule has 0 aromatic heterocycles. The Labute approximate surface area is 119 Å². The lowest BCUT2D eigenvalue weighted by atomic mass is 9.83. The van der Waals surface area contributed by atoms with Crippen molar-refractivity contribution in [1.29, 1.82) is 0 Å². The van der Waals surface area contributed by atoms with E-state index in [1.54, 1.807) is 0 Å². The molecule has 0 saturated carbocycles. The van der Waals surface area contributed by atoms with Crippen LogP contribution in [0.1, 0.15) is 37.7 Å². The largest absolute Gasteiger partial charge is 0.300 e. The van der Waals surface area contributed by atoms with Gasteiger partial charge in [0.05, 0.1) is 0 Å². The van der Waals surface area contributed by atoms with E-state index in [1.807, 2.05) is 0 Å². The molecule has 1 aromatic carbocycles. The van der Waals surface area contributed by atoms with Crippen LogP contribution in [0.3, 0.4) is 0 Å². The van der Waals surface area contributed by atoms with Gasteiger partial charge in [-0.1, -0.05) is 36.8 Å². The van der Waals surface area contributed by atoms with Crippen molar-refractivity contribution in [1.82, 2.24) is 4.90 Å². The normalized spacial score (nSPS) is 27.7. The molecule has 0 N–H and O–H groups in total. The lowest BCUT2D eigenvalue weighted by molar-refractivity contribution is -0.127. The fourth-order valence-electron chi connectivity index (χ4n) is 3.32. The van der Waals surface area contributed by atoms with Gasteiger partial charge in [-0.3, -0.25) is 9.69 Å². The minimum absolute atomic E-state index is 0. The molecule has 2 bridgehead atoms. The molecule has 0 aliphatic carbocycles. The highest BCUT2D eigenvalue weighted by atomic mass is 79.9. The summed E-state index contributed by atoms with van der Waals surface area (Å²) in [5.41, 5.74) is 1.37. The third kappa shape index (κ3) is 2.83. The molecule has 1 aromatic rings. The van der Waals surface area contributed by atoms with Crippen LogP contribution in [-0.4, -0.2) is 22.8 Å². The van der Waals surface area contributed by atoms with Crippen molar-refractivity contribution in [3.05, 3.63) is 35.9 Å². The molecule has 2 atom stereocenters. The van der Waals surface area contributed by atoms with Gasteiger partial charge in [-0.25, -0.2) is 0 Å². The maximum absolute atomic E-state index is 11.6. The number of nitrogens with zero attached hydrogens (tertiary/aromatic N) is 1. The average molecular weight is 310 g/mol. The summed E-state index contributed by atoms with van der Waals surface area (Å²) >= 11 is 0. The van der Waals surface area contributed by atoms with Crippen molar-refractivity contribution >= 4 is 22.8 Å². The SMILES string of the molecule is Br.O=C1CC2CCCC(C1)N2Cc1ccccc1. The van der Waals surface area contributed by atoms with Gasteiger partial charge in [0.15, 0.2) is 0 Å². The maximum Gasteiger partial charge on any atom is 0.136 e. The molecular weight excluding hydrogens is 290 g/mol. The van der Waals surface area contributed by atoms with Crippen LogP contribution in [0, 0.1) is 0 Å². The summed E-state index contributed by atoms with van der Waals surface area (Å²) in [6.07, 6.45) is 5.27. The highest BCUT2D eigenvalue weighted by Crippen LogP contribution is 2.33. The van der Waals surface area contributed by atoms with Crippen molar-refractivity contribution in [2.75, 3.05) is 0 Å². The number of piperidine rings is 2. The molecule has 0 spiro atoms. The van der Waals surface area contributed by atoms with E-state index >= 15 is 0 Å². The monoisotopic (exact) mass is 309 g/mol. The van der Waals surface area contributed by atoms with E-state index < -0.39 is 0 Å². The Hall–Kier alpha value is -0.670. The lowest BCUT2D eigenvalue weighted by Gasteiger charge is -2.45. The molecule has 2 unspecified atom stereocenters. The minimum Gasteiger partial charge on any atom is -0.300 e. The third-order valence-electron chi connectivity index (χ3n) is 4.15. The smallest absolute Gasteiger partial charge is 0.136 e. The van der Waals surface area contributed by atoms with Gasteiger partial charge in [0, 0.05) is 31.5 Å². The van der Waals surface area contributed by atoms with Gasteiger partial charge < -0.3 is 0 Å². The van der Waals surface area contributed by atoms with Crippen molar-refractivity contribution in [2.45, 2.75) is 50.7 Å². The molecule has 2 aliphatic rings. The second kappa shape index (κ2) is 5.98. The number of hydrogen-bond acceptors (Lipinski definition) is 2. The zero-order valence-electron chi connectivity index (χ0n) is 10.5. The van der Waals surface area contributed by atoms with Gasteiger partial charge in [0.25, 0.3) is 0 Å². The second-order valence-corrected chi connectivity index (χ2v) is 5.34. The first kappa shape index (κ1) is 13.8. The van der Waals surface area contributed by atoms with E-state index in [-0.39, 0.29) is 17.0 Å². The van der Waals surface area contributed by atoms with Gasteiger partial charge >= 0.3 is 0 Å². The van der Waals surface area contributed by atoms with E-state index in [9.17, 15) is 4.79 Å². The van der Waals surface area contributed by atoms with Crippen molar-refractivity contribution in [2.24, 2.45) is 0 Å².